The molecule has 0 unspecified atom stereocenters. The maximum Gasteiger partial charge on any atom is 0.251 e. The van der Waals surface area contributed by atoms with Gasteiger partial charge in [-0.15, -0.1) is 0 Å². The average Bonchev–Trinajstić information content (AvgIpc) is 3.47. The molecule has 0 aliphatic carbocycles. The van der Waals surface area contributed by atoms with E-state index in [1.807, 2.05) is 13.0 Å². The second-order valence-electron chi connectivity index (χ2n) is 10.0. The first-order valence-electron chi connectivity index (χ1n) is 14.3. The number of fused-ring (bicyclic) bond motifs is 1. The lowest BCUT2D eigenvalue weighted by molar-refractivity contribution is -0.122. The highest BCUT2D eigenvalue weighted by Crippen LogP contribution is 2.31. The highest BCUT2D eigenvalue weighted by molar-refractivity contribution is 5.96. The van der Waals surface area contributed by atoms with Crippen LogP contribution in [0.25, 0.3) is 16.9 Å². The third-order valence-corrected chi connectivity index (χ3v) is 7.02. The molecule has 0 bridgehead atoms. The van der Waals surface area contributed by atoms with Crippen molar-refractivity contribution in [3.8, 4) is 17.0 Å². The normalized spacial score (nSPS) is 11.6. The number of carbonyl (C=O) groups is 2. The number of benzene rings is 2. The Kier molecular flexibility index (Phi) is 10.8. The molecule has 0 aliphatic heterocycles. The summed E-state index contributed by atoms with van der Waals surface area (Å²) in [7, 11) is 1.26. The molecule has 4 rings (SSSR count). The molecule has 238 valence electrons. The molecule has 0 aliphatic rings. The van der Waals surface area contributed by atoms with Gasteiger partial charge in [0.1, 0.15) is 0 Å². The fraction of sp³-hybridized carbons (Fsp3) is 0.300. The number of nitrogens with one attached hydrogen (secondary N) is 5. The van der Waals surface area contributed by atoms with Gasteiger partial charge in [0.2, 0.25) is 11.7 Å². The van der Waals surface area contributed by atoms with Gasteiger partial charge in [0.05, 0.1) is 25.0 Å². The number of hydrogen-bond donors (Lipinski definition) is 7. The van der Waals surface area contributed by atoms with Gasteiger partial charge in [-0.2, -0.15) is 4.39 Å². The van der Waals surface area contributed by atoms with Gasteiger partial charge in [0.25, 0.3) is 5.91 Å². The van der Waals surface area contributed by atoms with E-state index >= 15 is 0 Å². The number of guanidine groups is 1. The molecule has 2 aromatic carbocycles. The van der Waals surface area contributed by atoms with E-state index < -0.39 is 17.7 Å². The lowest BCUT2D eigenvalue weighted by Gasteiger charge is -2.14. The van der Waals surface area contributed by atoms with Crippen molar-refractivity contribution in [2.75, 3.05) is 32.1 Å². The summed E-state index contributed by atoms with van der Waals surface area (Å²) >= 11 is 0. The fourth-order valence-corrected chi connectivity index (χ4v) is 4.68. The molecular formula is C30H36F2N10O3. The van der Waals surface area contributed by atoms with E-state index in [4.69, 9.17) is 21.6 Å². The molecule has 1 atom stereocenters. The smallest absolute Gasteiger partial charge is 0.251 e. The van der Waals surface area contributed by atoms with Crippen molar-refractivity contribution in [2.24, 2.45) is 11.5 Å². The number of nitrogens with two attached hydrogens (primary N) is 2. The fourth-order valence-electron chi connectivity index (χ4n) is 4.68. The highest BCUT2D eigenvalue weighted by atomic mass is 19.2. The summed E-state index contributed by atoms with van der Waals surface area (Å²) in [6, 6.07) is 7.30. The molecule has 2 aromatic heterocycles. The summed E-state index contributed by atoms with van der Waals surface area (Å²) in [6.07, 6.45) is 6.11. The molecule has 0 spiro atoms. The van der Waals surface area contributed by atoms with Crippen molar-refractivity contribution in [3.05, 3.63) is 71.7 Å². The largest absolute Gasteiger partial charge is 0.494 e. The highest BCUT2D eigenvalue weighted by Gasteiger charge is 2.20. The lowest BCUT2D eigenvalue weighted by atomic mass is 10.0. The van der Waals surface area contributed by atoms with Crippen molar-refractivity contribution in [2.45, 2.75) is 32.2 Å². The zero-order valence-corrected chi connectivity index (χ0v) is 24.9. The summed E-state index contributed by atoms with van der Waals surface area (Å²) in [6.45, 7) is 2.79. The van der Waals surface area contributed by atoms with Gasteiger partial charge >= 0.3 is 0 Å². The predicted molar refractivity (Wildman–Crippen MR) is 166 cm³/mol. The quantitative estimate of drug-likeness (QED) is 0.0627. The number of amides is 2. The van der Waals surface area contributed by atoms with Crippen LogP contribution in [0, 0.1) is 17.0 Å². The summed E-state index contributed by atoms with van der Waals surface area (Å²) in [5.74, 6) is -2.72. The Balaban J connectivity index is 1.38. The lowest BCUT2D eigenvalue weighted by Crippen LogP contribution is -2.44. The Hall–Kier alpha value is -5.31. The van der Waals surface area contributed by atoms with E-state index in [1.165, 1.54) is 31.6 Å². The van der Waals surface area contributed by atoms with Crippen LogP contribution in [-0.4, -0.2) is 64.9 Å². The van der Waals surface area contributed by atoms with E-state index in [2.05, 4.69) is 31.2 Å². The van der Waals surface area contributed by atoms with Gasteiger partial charge in [-0.05, 0) is 55.2 Å². The standard InChI is InChI=1S/C30H36F2N10O3/c1-3-17-15-18(6-7-19(17)28(43)37-11-12-38-29(44)21(33)5-4-10-39-30(34)35)41-26-27-40-16-22(42(27)14-13-36-26)20-8-9-23(45-2)25(32)24(20)31/h6-9,13-16,21H,3-5,10-12,33H2,1-2H3,(H,36,41)(H,37,43)(H,38,44)(H4,34,35,39)/t21-/m0/s1. The van der Waals surface area contributed by atoms with E-state index in [-0.39, 0.29) is 42.2 Å². The number of halogens is 2. The van der Waals surface area contributed by atoms with Crippen LogP contribution in [0.4, 0.5) is 20.3 Å². The SMILES string of the molecule is CCc1cc(Nc2nccn3c(-c4ccc(OC)c(F)c4F)cnc23)ccc1C(=O)NCCNC(=O)[C@@H](N)CCCNC(=N)N. The van der Waals surface area contributed by atoms with Gasteiger partial charge in [-0.1, -0.05) is 6.92 Å². The van der Waals surface area contributed by atoms with Gasteiger partial charge < -0.3 is 37.5 Å². The molecule has 0 saturated heterocycles. The van der Waals surface area contributed by atoms with Crippen molar-refractivity contribution >= 4 is 34.9 Å². The summed E-state index contributed by atoms with van der Waals surface area (Å²) in [4.78, 5) is 33.9. The molecular weight excluding hydrogens is 586 g/mol. The van der Waals surface area contributed by atoms with E-state index in [9.17, 15) is 18.4 Å². The molecule has 13 nitrogen and oxygen atoms in total. The Morgan fingerprint density at radius 3 is 2.58 bits per heavy atom. The predicted octanol–water partition coefficient (Wildman–Crippen LogP) is 2.43. The minimum Gasteiger partial charge on any atom is -0.494 e. The number of nitrogens with zero attached hydrogens (tertiary/aromatic N) is 3. The molecule has 9 N–H and O–H groups in total. The molecule has 2 heterocycles. The van der Waals surface area contributed by atoms with Crippen molar-refractivity contribution < 1.29 is 23.1 Å². The van der Waals surface area contributed by atoms with Crippen LogP contribution >= 0.6 is 0 Å². The van der Waals surface area contributed by atoms with Crippen molar-refractivity contribution in [3.63, 3.8) is 0 Å². The van der Waals surface area contributed by atoms with Gasteiger partial charge in [-0.3, -0.25) is 19.4 Å². The third kappa shape index (κ3) is 7.80. The maximum atomic E-state index is 14.8. The van der Waals surface area contributed by atoms with Crippen LogP contribution in [0.1, 0.15) is 35.7 Å². The second kappa shape index (κ2) is 14.9. The first-order chi connectivity index (χ1) is 21.6. The van der Waals surface area contributed by atoms with Crippen LogP contribution in [0.5, 0.6) is 5.75 Å². The Morgan fingerprint density at radius 1 is 1.07 bits per heavy atom. The van der Waals surface area contributed by atoms with E-state index in [1.54, 1.807) is 22.7 Å². The van der Waals surface area contributed by atoms with Gasteiger partial charge in [-0.25, -0.2) is 14.4 Å². The number of imidazole rings is 1. The van der Waals surface area contributed by atoms with E-state index in [0.717, 1.165) is 5.56 Å². The molecule has 0 fully saturated rings. The molecule has 2 amide bonds. The Labute approximate surface area is 258 Å². The number of anilines is 2. The minimum atomic E-state index is -1.09. The molecule has 15 heteroatoms. The Morgan fingerprint density at radius 2 is 1.84 bits per heavy atom. The zero-order chi connectivity index (χ0) is 32.5. The number of hydrogen-bond acceptors (Lipinski definition) is 8. The van der Waals surface area contributed by atoms with Crippen LogP contribution in [-0.2, 0) is 11.2 Å². The average molecular weight is 623 g/mol. The number of methoxy groups -OCH3 is 1. The monoisotopic (exact) mass is 622 g/mol. The Bertz CT molecular complexity index is 1690. The third-order valence-electron chi connectivity index (χ3n) is 7.02. The van der Waals surface area contributed by atoms with Gasteiger partial charge in [0, 0.05) is 48.8 Å². The van der Waals surface area contributed by atoms with Crippen molar-refractivity contribution in [1.29, 1.82) is 5.41 Å². The van der Waals surface area contributed by atoms with Gasteiger partial charge in [0.15, 0.2) is 29.0 Å². The minimum absolute atomic E-state index is 0.0164. The summed E-state index contributed by atoms with van der Waals surface area (Å²) in [5, 5.41) is 18.5. The molecule has 4 aromatic rings. The number of aromatic nitrogens is 3. The second-order valence-corrected chi connectivity index (χ2v) is 10.0. The molecule has 45 heavy (non-hydrogen) atoms. The molecule has 0 radical (unpaired) electrons. The summed E-state index contributed by atoms with van der Waals surface area (Å²) in [5.41, 5.74) is 13.7. The summed E-state index contributed by atoms with van der Waals surface area (Å²) < 4.78 is 35.7. The van der Waals surface area contributed by atoms with Crippen LogP contribution in [0.15, 0.2) is 48.9 Å². The number of aryl methyl sites for hydroxylation is 1. The maximum absolute atomic E-state index is 14.8. The zero-order valence-electron chi connectivity index (χ0n) is 24.9. The number of rotatable bonds is 14. The first kappa shape index (κ1) is 32.6. The number of ether oxygens (including phenoxy) is 1. The number of carbonyl (C=O) groups excluding carboxylic acids is 2. The topological polar surface area (TPSA) is 198 Å². The van der Waals surface area contributed by atoms with Crippen LogP contribution in [0.2, 0.25) is 0 Å². The van der Waals surface area contributed by atoms with Crippen LogP contribution < -0.4 is 37.5 Å². The van der Waals surface area contributed by atoms with E-state index in [0.29, 0.717) is 54.2 Å². The van der Waals surface area contributed by atoms with Crippen molar-refractivity contribution in [1.82, 2.24) is 30.3 Å². The van der Waals surface area contributed by atoms with Crippen LogP contribution in [0.3, 0.4) is 0 Å². The molecule has 0 saturated carbocycles. The first-order valence-corrected chi connectivity index (χ1v) is 14.3.